The Kier molecular flexibility index (Phi) is 4.39. The molecule has 0 saturated carbocycles. The molecular formula is C12H13Cl2N3O2S. The average molecular weight is 334 g/mol. The lowest BCUT2D eigenvalue weighted by Gasteiger charge is -2.18. The summed E-state index contributed by atoms with van der Waals surface area (Å²) in [4.78, 5) is 6.11. The normalized spacial score (nSPS) is 11.8. The van der Waals surface area contributed by atoms with E-state index in [1.165, 1.54) is 0 Å². The predicted octanol–water partition coefficient (Wildman–Crippen LogP) is 2.27. The Morgan fingerprint density at radius 3 is 2.55 bits per heavy atom. The molecule has 1 aromatic heterocycles. The zero-order valence-corrected chi connectivity index (χ0v) is 13.0. The molecule has 1 aromatic carbocycles. The van der Waals surface area contributed by atoms with E-state index in [1.54, 1.807) is 24.1 Å². The lowest BCUT2D eigenvalue weighted by molar-refractivity contribution is 0.597. The highest BCUT2D eigenvalue weighted by Crippen LogP contribution is 2.30. The number of pyridine rings is 1. The fourth-order valence-electron chi connectivity index (χ4n) is 1.71. The van der Waals surface area contributed by atoms with Crippen LogP contribution >= 0.6 is 23.2 Å². The molecule has 0 aliphatic carbocycles. The van der Waals surface area contributed by atoms with Crippen LogP contribution in [0.25, 0.3) is 10.9 Å². The molecule has 0 atom stereocenters. The van der Waals surface area contributed by atoms with Gasteiger partial charge >= 0.3 is 0 Å². The molecule has 0 amide bonds. The molecule has 2 N–H and O–H groups in total. The van der Waals surface area contributed by atoms with E-state index in [9.17, 15) is 8.42 Å². The summed E-state index contributed by atoms with van der Waals surface area (Å²) >= 11 is 12.1. The Balaban J connectivity index is 2.33. The Bertz CT molecular complexity index is 750. The summed E-state index contributed by atoms with van der Waals surface area (Å²) in [6, 6.07) is 7.17. The van der Waals surface area contributed by atoms with Gasteiger partial charge in [-0.3, -0.25) is 0 Å². The second-order valence-electron chi connectivity index (χ2n) is 4.39. The number of benzene rings is 1. The maximum Gasteiger partial charge on any atom is 0.210 e. The summed E-state index contributed by atoms with van der Waals surface area (Å²) in [5.41, 5.74) is 0.583. The van der Waals surface area contributed by atoms with Crippen LogP contribution in [-0.4, -0.2) is 32.7 Å². The first-order chi connectivity index (χ1) is 9.28. The highest BCUT2D eigenvalue weighted by Gasteiger charge is 2.11. The largest absolute Gasteiger partial charge is 0.359 e. The van der Waals surface area contributed by atoms with Crippen molar-refractivity contribution in [1.29, 1.82) is 0 Å². The van der Waals surface area contributed by atoms with Crippen molar-refractivity contribution >= 4 is 49.9 Å². The van der Waals surface area contributed by atoms with Crippen LogP contribution in [0.15, 0.2) is 24.3 Å². The van der Waals surface area contributed by atoms with Gasteiger partial charge < -0.3 is 4.90 Å². The number of nitrogens with two attached hydrogens (primary N) is 1. The SMILES string of the molecule is CN(CCS(N)(=O)=O)c1ccc2ccc(Cl)c(Cl)c2n1. The van der Waals surface area contributed by atoms with Crippen LogP contribution in [0.1, 0.15) is 0 Å². The van der Waals surface area contributed by atoms with Crippen molar-refractivity contribution in [3.63, 3.8) is 0 Å². The highest BCUT2D eigenvalue weighted by molar-refractivity contribution is 7.89. The van der Waals surface area contributed by atoms with Crippen molar-refractivity contribution in [2.45, 2.75) is 0 Å². The number of fused-ring (bicyclic) bond motifs is 1. The van der Waals surface area contributed by atoms with Crippen LogP contribution in [-0.2, 0) is 10.0 Å². The zero-order valence-electron chi connectivity index (χ0n) is 10.7. The molecule has 2 aromatic rings. The summed E-state index contributed by atoms with van der Waals surface area (Å²) in [6.45, 7) is 0.246. The average Bonchev–Trinajstić information content (AvgIpc) is 2.39. The first-order valence-electron chi connectivity index (χ1n) is 5.74. The van der Waals surface area contributed by atoms with Gasteiger partial charge in [-0.15, -0.1) is 0 Å². The molecule has 1 heterocycles. The molecule has 8 heteroatoms. The predicted molar refractivity (Wildman–Crippen MR) is 83.0 cm³/mol. The summed E-state index contributed by atoms with van der Waals surface area (Å²) in [7, 11) is -1.77. The van der Waals surface area contributed by atoms with Crippen molar-refractivity contribution in [3.8, 4) is 0 Å². The van der Waals surface area contributed by atoms with Crippen LogP contribution in [0.4, 0.5) is 5.82 Å². The number of hydrogen-bond acceptors (Lipinski definition) is 4. The van der Waals surface area contributed by atoms with Gasteiger partial charge in [-0.05, 0) is 18.2 Å². The van der Waals surface area contributed by atoms with Gasteiger partial charge in [0.25, 0.3) is 0 Å². The van der Waals surface area contributed by atoms with E-state index in [0.29, 0.717) is 21.4 Å². The molecule has 108 valence electrons. The number of rotatable bonds is 4. The van der Waals surface area contributed by atoms with E-state index in [4.69, 9.17) is 28.3 Å². The molecule has 5 nitrogen and oxygen atoms in total. The van der Waals surface area contributed by atoms with E-state index in [0.717, 1.165) is 5.39 Å². The smallest absolute Gasteiger partial charge is 0.210 e. The van der Waals surface area contributed by atoms with Gasteiger partial charge in [0.15, 0.2) is 0 Å². The van der Waals surface area contributed by atoms with Gasteiger partial charge in [0.2, 0.25) is 10.0 Å². The molecule has 0 fully saturated rings. The van der Waals surface area contributed by atoms with E-state index >= 15 is 0 Å². The Labute approximate surface area is 127 Å². The Morgan fingerprint density at radius 1 is 1.25 bits per heavy atom. The molecule has 0 radical (unpaired) electrons. The van der Waals surface area contributed by atoms with E-state index in [1.807, 2.05) is 12.1 Å². The van der Waals surface area contributed by atoms with Crippen LogP contribution in [0.5, 0.6) is 0 Å². The van der Waals surface area contributed by atoms with Crippen molar-refractivity contribution < 1.29 is 8.42 Å². The third-order valence-electron chi connectivity index (χ3n) is 2.84. The minimum atomic E-state index is -3.50. The monoisotopic (exact) mass is 333 g/mol. The number of anilines is 1. The van der Waals surface area contributed by atoms with Crippen LogP contribution in [0.2, 0.25) is 10.0 Å². The van der Waals surface area contributed by atoms with Gasteiger partial charge in [0.05, 0.1) is 21.3 Å². The lowest BCUT2D eigenvalue weighted by atomic mass is 10.2. The maximum absolute atomic E-state index is 11.0. The Hall–Kier alpha value is -1.08. The molecule has 20 heavy (non-hydrogen) atoms. The van der Waals surface area contributed by atoms with Crippen LogP contribution in [0.3, 0.4) is 0 Å². The summed E-state index contributed by atoms with van der Waals surface area (Å²) in [6.07, 6.45) is 0. The number of sulfonamides is 1. The van der Waals surface area contributed by atoms with Crippen molar-refractivity contribution in [2.75, 3.05) is 24.2 Å². The number of primary sulfonamides is 1. The molecule has 0 aliphatic heterocycles. The van der Waals surface area contributed by atoms with Gasteiger partial charge in [-0.2, -0.15) is 0 Å². The first-order valence-corrected chi connectivity index (χ1v) is 8.21. The topological polar surface area (TPSA) is 76.3 Å². The molecule has 2 rings (SSSR count). The van der Waals surface area contributed by atoms with Crippen LogP contribution < -0.4 is 10.0 Å². The van der Waals surface area contributed by atoms with Crippen LogP contribution in [0, 0.1) is 0 Å². The lowest BCUT2D eigenvalue weighted by Crippen LogP contribution is -2.29. The second-order valence-corrected chi connectivity index (χ2v) is 6.91. The van der Waals surface area contributed by atoms with Gasteiger partial charge in [0.1, 0.15) is 5.82 Å². The second kappa shape index (κ2) is 5.73. The fourth-order valence-corrected chi connectivity index (χ4v) is 2.61. The highest BCUT2D eigenvalue weighted by atomic mass is 35.5. The first kappa shape index (κ1) is 15.3. The standard InChI is InChI=1S/C12H13Cl2N3O2S/c1-17(6-7-20(15,18)19)10-5-3-8-2-4-9(13)11(14)12(8)16-10/h2-5H,6-7H2,1H3,(H2,15,18,19). The third kappa shape index (κ3) is 3.52. The van der Waals surface area contributed by atoms with Gasteiger partial charge in [-0.1, -0.05) is 29.3 Å². The summed E-state index contributed by atoms with van der Waals surface area (Å²) < 4.78 is 21.9. The number of nitrogens with zero attached hydrogens (tertiary/aromatic N) is 2. The molecular weight excluding hydrogens is 321 g/mol. The summed E-state index contributed by atoms with van der Waals surface area (Å²) in [5, 5.41) is 6.65. The van der Waals surface area contributed by atoms with Crippen molar-refractivity contribution in [3.05, 3.63) is 34.3 Å². The zero-order chi connectivity index (χ0) is 14.9. The Morgan fingerprint density at radius 2 is 1.90 bits per heavy atom. The molecule has 0 bridgehead atoms. The molecule has 0 saturated heterocycles. The van der Waals surface area contributed by atoms with E-state index in [2.05, 4.69) is 4.98 Å². The number of aromatic nitrogens is 1. The maximum atomic E-state index is 11.0. The van der Waals surface area contributed by atoms with E-state index < -0.39 is 10.0 Å². The third-order valence-corrected chi connectivity index (χ3v) is 4.39. The molecule has 0 unspecified atom stereocenters. The van der Waals surface area contributed by atoms with Gasteiger partial charge in [0, 0.05) is 19.0 Å². The quantitative estimate of drug-likeness (QED) is 0.931. The minimum Gasteiger partial charge on any atom is -0.359 e. The molecule has 0 spiro atoms. The van der Waals surface area contributed by atoms with Crippen molar-refractivity contribution in [1.82, 2.24) is 4.98 Å². The number of hydrogen-bond donors (Lipinski definition) is 1. The van der Waals surface area contributed by atoms with Crippen molar-refractivity contribution in [2.24, 2.45) is 5.14 Å². The number of halogens is 2. The minimum absolute atomic E-state index is 0.146. The van der Waals surface area contributed by atoms with E-state index in [-0.39, 0.29) is 12.3 Å². The fraction of sp³-hybridized carbons (Fsp3) is 0.250. The molecule has 0 aliphatic rings. The van der Waals surface area contributed by atoms with Gasteiger partial charge in [-0.25, -0.2) is 18.5 Å². The summed E-state index contributed by atoms with van der Waals surface area (Å²) in [5.74, 6) is 0.456.